The zero-order chi connectivity index (χ0) is 31.5. The van der Waals surface area contributed by atoms with E-state index < -0.39 is 0 Å². The van der Waals surface area contributed by atoms with Crippen LogP contribution in [-0.4, -0.2) is 30.2 Å². The van der Waals surface area contributed by atoms with Gasteiger partial charge in [0.05, 0.1) is 25.7 Å². The smallest absolute Gasteiger partial charge is 0.0887 e. The first-order valence-corrected chi connectivity index (χ1v) is 21.1. The third-order valence-corrected chi connectivity index (χ3v) is 10.8. The van der Waals surface area contributed by atoms with E-state index in [1.165, 1.54) is 236 Å². The Kier molecular flexibility index (Phi) is 34.8. The number of quaternary nitrogens is 1. The molecule has 0 aromatic rings. The van der Waals surface area contributed by atoms with Crippen molar-refractivity contribution in [2.75, 3.05) is 19.6 Å². The van der Waals surface area contributed by atoms with Crippen molar-refractivity contribution >= 4 is 0 Å². The lowest BCUT2D eigenvalue weighted by Gasteiger charge is -2.46. The molecule has 1 heteroatoms. The molecular weight excluding hydrogens is 518 g/mol. The molecule has 0 aliphatic rings. The van der Waals surface area contributed by atoms with E-state index in [1.54, 1.807) is 0 Å². The molecule has 0 N–H and O–H groups in total. The highest BCUT2D eigenvalue weighted by molar-refractivity contribution is 4.64. The fourth-order valence-electron chi connectivity index (χ4n) is 7.77. The largest absolute Gasteiger partial charge is 0.321 e. The van der Waals surface area contributed by atoms with E-state index in [4.69, 9.17) is 0 Å². The van der Waals surface area contributed by atoms with Gasteiger partial charge in [0.15, 0.2) is 0 Å². The summed E-state index contributed by atoms with van der Waals surface area (Å²) < 4.78 is 1.49. The van der Waals surface area contributed by atoms with E-state index in [9.17, 15) is 0 Å². The second-order valence-electron chi connectivity index (χ2n) is 14.8. The molecule has 0 saturated carbocycles. The summed E-state index contributed by atoms with van der Waals surface area (Å²) in [5, 5.41) is 0. The van der Waals surface area contributed by atoms with Gasteiger partial charge in [-0.25, -0.2) is 0 Å². The predicted molar refractivity (Wildman–Crippen MR) is 199 cm³/mol. The van der Waals surface area contributed by atoms with E-state index in [0.29, 0.717) is 0 Å². The van der Waals surface area contributed by atoms with Crippen molar-refractivity contribution in [3.05, 3.63) is 0 Å². The lowest BCUT2D eigenvalue weighted by Crippen LogP contribution is -2.57. The topological polar surface area (TPSA) is 0 Å². The highest BCUT2D eigenvalue weighted by Crippen LogP contribution is 2.28. The summed E-state index contributed by atoms with van der Waals surface area (Å²) in [5.74, 6) is 0. The fraction of sp³-hybridized carbons (Fsp3) is 1.00. The second kappa shape index (κ2) is 34.8. The Hall–Kier alpha value is -0.0400. The minimum atomic E-state index is 0.911. The average Bonchev–Trinajstić information content (AvgIpc) is 3.02. The van der Waals surface area contributed by atoms with Gasteiger partial charge in [0.2, 0.25) is 0 Å². The first-order valence-electron chi connectivity index (χ1n) is 21.1. The fourth-order valence-corrected chi connectivity index (χ4v) is 7.77. The number of hydrogen-bond donors (Lipinski definition) is 0. The van der Waals surface area contributed by atoms with E-state index in [0.717, 1.165) is 6.04 Å². The summed E-state index contributed by atoms with van der Waals surface area (Å²) in [5.41, 5.74) is 0. The molecule has 0 radical (unpaired) electrons. The van der Waals surface area contributed by atoms with Gasteiger partial charge in [-0.05, 0) is 57.8 Å². The first kappa shape index (κ1) is 43.0. The number of rotatable bonds is 37. The van der Waals surface area contributed by atoms with Crippen molar-refractivity contribution < 1.29 is 4.48 Å². The van der Waals surface area contributed by atoms with Crippen LogP contribution in [0.15, 0.2) is 0 Å². The van der Waals surface area contributed by atoms with Gasteiger partial charge >= 0.3 is 0 Å². The molecular formula is C42H88N+. The summed E-state index contributed by atoms with van der Waals surface area (Å²) in [6, 6.07) is 0.911. The van der Waals surface area contributed by atoms with Crippen LogP contribution in [0.1, 0.15) is 247 Å². The minimum absolute atomic E-state index is 0.911. The average molecular weight is 607 g/mol. The summed E-state index contributed by atoms with van der Waals surface area (Å²) in [6.07, 6.45) is 48.1. The first-order chi connectivity index (χ1) is 21.2. The summed E-state index contributed by atoms with van der Waals surface area (Å²) in [7, 11) is 0. The Labute approximate surface area is 276 Å². The van der Waals surface area contributed by atoms with Gasteiger partial charge in [0, 0.05) is 0 Å². The minimum Gasteiger partial charge on any atom is -0.321 e. The quantitative estimate of drug-likeness (QED) is 0.0487. The Bertz CT molecular complexity index is 449. The van der Waals surface area contributed by atoms with E-state index >= 15 is 0 Å². The molecule has 0 spiro atoms. The highest BCUT2D eigenvalue weighted by atomic mass is 15.4. The zero-order valence-electron chi connectivity index (χ0n) is 31.5. The van der Waals surface area contributed by atoms with Gasteiger partial charge in [0.25, 0.3) is 0 Å². The normalized spacial score (nSPS) is 12.8. The van der Waals surface area contributed by atoms with Crippen LogP contribution in [0.2, 0.25) is 0 Å². The van der Waals surface area contributed by atoms with Gasteiger partial charge in [-0.3, -0.25) is 0 Å². The molecule has 0 aromatic heterocycles. The van der Waals surface area contributed by atoms with E-state index in [2.05, 4.69) is 34.6 Å². The molecule has 1 unspecified atom stereocenters. The van der Waals surface area contributed by atoms with Gasteiger partial charge in [-0.15, -0.1) is 0 Å². The lowest BCUT2D eigenvalue weighted by molar-refractivity contribution is -0.952. The Morgan fingerprint density at radius 2 is 0.512 bits per heavy atom. The van der Waals surface area contributed by atoms with Crippen LogP contribution in [0, 0.1) is 0 Å². The maximum atomic E-state index is 2.55. The van der Waals surface area contributed by atoms with Crippen LogP contribution in [0.3, 0.4) is 0 Å². The lowest BCUT2D eigenvalue weighted by atomic mass is 9.96. The molecule has 0 rings (SSSR count). The van der Waals surface area contributed by atoms with Crippen LogP contribution in [0.25, 0.3) is 0 Å². The molecule has 0 amide bonds. The third kappa shape index (κ3) is 26.8. The molecule has 1 atom stereocenters. The highest BCUT2D eigenvalue weighted by Gasteiger charge is 2.34. The molecule has 0 saturated heterocycles. The number of unbranched alkanes of at least 4 members (excludes halogenated alkanes) is 27. The standard InChI is InChI=1S/C42H88N/c1-6-11-15-19-23-27-31-35-39-43(40-36-32-28-24-20-16-12-7-2,41-37-33-29-25-21-17-13-8-3)42(10-5)38-34-30-26-22-18-14-9-4/h42H,6-41H2,1-5H3/q+1. The Balaban J connectivity index is 5.18. The van der Waals surface area contributed by atoms with Gasteiger partial charge in [0.1, 0.15) is 0 Å². The Morgan fingerprint density at radius 3 is 0.767 bits per heavy atom. The van der Waals surface area contributed by atoms with Crippen molar-refractivity contribution in [3.8, 4) is 0 Å². The van der Waals surface area contributed by atoms with Gasteiger partial charge < -0.3 is 4.48 Å². The van der Waals surface area contributed by atoms with Gasteiger partial charge in [-0.1, -0.05) is 189 Å². The van der Waals surface area contributed by atoms with Crippen LogP contribution in [0.4, 0.5) is 0 Å². The molecule has 0 aliphatic carbocycles. The molecule has 0 aliphatic heterocycles. The number of nitrogens with zero attached hydrogens (tertiary/aromatic N) is 1. The zero-order valence-corrected chi connectivity index (χ0v) is 31.5. The van der Waals surface area contributed by atoms with Gasteiger partial charge in [-0.2, -0.15) is 0 Å². The van der Waals surface area contributed by atoms with Crippen LogP contribution < -0.4 is 0 Å². The monoisotopic (exact) mass is 607 g/mol. The summed E-state index contributed by atoms with van der Waals surface area (Å²) in [4.78, 5) is 0. The van der Waals surface area contributed by atoms with Crippen molar-refractivity contribution in [1.29, 1.82) is 0 Å². The molecule has 0 aromatic carbocycles. The summed E-state index contributed by atoms with van der Waals surface area (Å²) >= 11 is 0. The SMILES string of the molecule is CCCCCCCCCC[N+](CCCCCCCCCC)(CCCCCCCCCC)C(CC)CCCCCCCCC. The molecule has 0 fully saturated rings. The van der Waals surface area contributed by atoms with Crippen LogP contribution in [-0.2, 0) is 0 Å². The molecule has 0 bridgehead atoms. The molecule has 0 heterocycles. The maximum absolute atomic E-state index is 2.55. The summed E-state index contributed by atoms with van der Waals surface area (Å²) in [6.45, 7) is 16.4. The molecule has 260 valence electrons. The van der Waals surface area contributed by atoms with E-state index in [-0.39, 0.29) is 0 Å². The van der Waals surface area contributed by atoms with Crippen molar-refractivity contribution in [1.82, 2.24) is 0 Å². The maximum Gasteiger partial charge on any atom is 0.0887 e. The number of hydrogen-bond acceptors (Lipinski definition) is 0. The van der Waals surface area contributed by atoms with Crippen molar-refractivity contribution in [3.63, 3.8) is 0 Å². The predicted octanol–water partition coefficient (Wildman–Crippen LogP) is 15.1. The van der Waals surface area contributed by atoms with Crippen LogP contribution >= 0.6 is 0 Å². The second-order valence-corrected chi connectivity index (χ2v) is 14.8. The Morgan fingerprint density at radius 1 is 0.279 bits per heavy atom. The van der Waals surface area contributed by atoms with Crippen LogP contribution in [0.5, 0.6) is 0 Å². The van der Waals surface area contributed by atoms with E-state index in [1.807, 2.05) is 0 Å². The third-order valence-electron chi connectivity index (χ3n) is 10.8. The van der Waals surface area contributed by atoms with Crippen molar-refractivity contribution in [2.24, 2.45) is 0 Å². The molecule has 1 nitrogen and oxygen atoms in total. The van der Waals surface area contributed by atoms with Crippen molar-refractivity contribution in [2.45, 2.75) is 253 Å². The molecule has 43 heavy (non-hydrogen) atoms.